The Labute approximate surface area is 170 Å². The lowest BCUT2D eigenvalue weighted by Crippen LogP contribution is -2.38. The van der Waals surface area contributed by atoms with Crippen LogP contribution in [0.1, 0.15) is 40.7 Å². The second-order valence-corrected chi connectivity index (χ2v) is 7.31. The van der Waals surface area contributed by atoms with E-state index in [1.54, 1.807) is 15.6 Å². The third-order valence-electron chi connectivity index (χ3n) is 4.86. The molecule has 0 fully saturated rings. The molecule has 7 heteroatoms. The number of carbonyl (C=O) groups is 2. The quantitative estimate of drug-likeness (QED) is 0.696. The van der Waals surface area contributed by atoms with Gasteiger partial charge in [0.15, 0.2) is 5.65 Å². The number of carbonyl (C=O) groups excluding carboxylic acids is 2. The number of rotatable bonds is 6. The summed E-state index contributed by atoms with van der Waals surface area (Å²) in [5.74, 6) is -0.399. The molecule has 1 aromatic carbocycles. The Kier molecular flexibility index (Phi) is 5.96. The zero-order valence-electron chi connectivity index (χ0n) is 17.6. The number of pyridine rings is 1. The number of nitrogens with one attached hydrogen (secondary N) is 1. The van der Waals surface area contributed by atoms with Crippen molar-refractivity contribution in [2.24, 2.45) is 7.05 Å². The van der Waals surface area contributed by atoms with Crippen LogP contribution in [0.25, 0.3) is 11.0 Å². The van der Waals surface area contributed by atoms with Gasteiger partial charge in [-0.1, -0.05) is 25.1 Å². The Morgan fingerprint density at radius 1 is 1.17 bits per heavy atom. The molecule has 29 heavy (non-hydrogen) atoms. The van der Waals surface area contributed by atoms with Gasteiger partial charge in [0.05, 0.1) is 16.6 Å². The fourth-order valence-corrected chi connectivity index (χ4v) is 3.51. The first-order valence-corrected chi connectivity index (χ1v) is 9.77. The van der Waals surface area contributed by atoms with E-state index in [1.165, 1.54) is 0 Å². The molecule has 0 aliphatic carbocycles. The molecule has 2 heterocycles. The minimum absolute atomic E-state index is 0.0107. The van der Waals surface area contributed by atoms with Crippen molar-refractivity contribution in [2.75, 3.05) is 18.4 Å². The summed E-state index contributed by atoms with van der Waals surface area (Å²) in [6.45, 7) is 8.12. The fraction of sp³-hybridized carbons (Fsp3) is 0.364. The molecule has 1 N–H and O–H groups in total. The normalized spacial score (nSPS) is 10.9. The molecule has 0 aliphatic rings. The number of fused-ring (bicyclic) bond motifs is 1. The summed E-state index contributed by atoms with van der Waals surface area (Å²) in [5, 5.41) is 8.06. The molecule has 0 atom stereocenters. The Hall–Kier alpha value is -3.22. The summed E-state index contributed by atoms with van der Waals surface area (Å²) in [6, 6.07) is 9.37. The van der Waals surface area contributed by atoms with Gasteiger partial charge in [-0.05, 0) is 44.9 Å². The van der Waals surface area contributed by atoms with Crippen LogP contribution in [-0.2, 0) is 11.8 Å². The lowest BCUT2D eigenvalue weighted by Gasteiger charge is -2.22. The van der Waals surface area contributed by atoms with E-state index < -0.39 is 0 Å². The maximum atomic E-state index is 13.4. The Bertz CT molecular complexity index is 1070. The van der Waals surface area contributed by atoms with Crippen LogP contribution in [0.2, 0.25) is 0 Å². The summed E-state index contributed by atoms with van der Waals surface area (Å²) < 4.78 is 1.68. The van der Waals surface area contributed by atoms with Crippen LogP contribution < -0.4 is 5.32 Å². The minimum Gasteiger partial charge on any atom is -0.329 e. The molecule has 3 rings (SSSR count). The zero-order valence-corrected chi connectivity index (χ0v) is 17.6. The molecular formula is C22H27N5O2. The van der Waals surface area contributed by atoms with Crippen molar-refractivity contribution in [3.63, 3.8) is 0 Å². The van der Waals surface area contributed by atoms with Gasteiger partial charge >= 0.3 is 0 Å². The number of amides is 2. The van der Waals surface area contributed by atoms with Crippen LogP contribution in [0.3, 0.4) is 0 Å². The largest absolute Gasteiger partial charge is 0.329 e. The maximum Gasteiger partial charge on any atom is 0.255 e. The van der Waals surface area contributed by atoms with Crippen molar-refractivity contribution in [1.82, 2.24) is 19.7 Å². The van der Waals surface area contributed by atoms with Crippen molar-refractivity contribution >= 4 is 28.5 Å². The third-order valence-corrected chi connectivity index (χ3v) is 4.86. The molecule has 7 nitrogen and oxygen atoms in total. The Morgan fingerprint density at radius 2 is 1.90 bits per heavy atom. The number of aromatic nitrogens is 3. The predicted molar refractivity (Wildman–Crippen MR) is 114 cm³/mol. The van der Waals surface area contributed by atoms with E-state index >= 15 is 0 Å². The van der Waals surface area contributed by atoms with E-state index in [0.717, 1.165) is 34.4 Å². The van der Waals surface area contributed by atoms with Gasteiger partial charge in [0.2, 0.25) is 5.91 Å². The topological polar surface area (TPSA) is 80.1 Å². The smallest absolute Gasteiger partial charge is 0.255 e. The van der Waals surface area contributed by atoms with Crippen molar-refractivity contribution in [3.05, 3.63) is 52.8 Å². The summed E-state index contributed by atoms with van der Waals surface area (Å²) in [5.41, 5.74) is 4.43. The number of aryl methyl sites for hydroxylation is 4. The molecule has 0 aliphatic heterocycles. The average molecular weight is 393 g/mol. The third kappa shape index (κ3) is 4.29. The number of nitrogens with zero attached hydrogens (tertiary/aromatic N) is 4. The first-order valence-electron chi connectivity index (χ1n) is 9.77. The van der Waals surface area contributed by atoms with Crippen molar-refractivity contribution < 1.29 is 9.59 Å². The van der Waals surface area contributed by atoms with Crippen LogP contribution in [0.15, 0.2) is 30.3 Å². The average Bonchev–Trinajstić information content (AvgIpc) is 2.95. The van der Waals surface area contributed by atoms with Gasteiger partial charge in [0.1, 0.15) is 6.54 Å². The Balaban J connectivity index is 1.90. The highest BCUT2D eigenvalue weighted by molar-refractivity contribution is 6.08. The molecule has 0 bridgehead atoms. The lowest BCUT2D eigenvalue weighted by molar-refractivity contribution is -0.116. The van der Waals surface area contributed by atoms with Crippen LogP contribution in [0.4, 0.5) is 5.69 Å². The number of para-hydroxylation sites is 1. The standard InChI is InChI=1S/C22H27N5O2/c1-6-11-27(13-19(28)24-18-10-8-7-9-14(18)2)22(29)17-12-15(3)23-21-20(17)16(4)25-26(21)5/h7-10,12H,6,11,13H2,1-5H3,(H,24,28). The van der Waals surface area contributed by atoms with Gasteiger partial charge in [0.25, 0.3) is 5.91 Å². The Morgan fingerprint density at radius 3 is 2.59 bits per heavy atom. The molecule has 152 valence electrons. The van der Waals surface area contributed by atoms with E-state index in [1.807, 2.05) is 59.0 Å². The molecule has 0 unspecified atom stereocenters. The van der Waals surface area contributed by atoms with Crippen LogP contribution in [0, 0.1) is 20.8 Å². The van der Waals surface area contributed by atoms with Crippen LogP contribution in [0.5, 0.6) is 0 Å². The van der Waals surface area contributed by atoms with Gasteiger partial charge in [-0.2, -0.15) is 5.10 Å². The summed E-state index contributed by atoms with van der Waals surface area (Å²) in [4.78, 5) is 32.2. The number of hydrogen-bond acceptors (Lipinski definition) is 4. The van der Waals surface area contributed by atoms with Gasteiger partial charge in [-0.3, -0.25) is 14.3 Å². The minimum atomic E-state index is -0.217. The molecule has 0 saturated carbocycles. The van der Waals surface area contributed by atoms with Crippen molar-refractivity contribution in [3.8, 4) is 0 Å². The number of anilines is 1. The van der Waals surface area contributed by atoms with Crippen LogP contribution >= 0.6 is 0 Å². The molecular weight excluding hydrogens is 366 g/mol. The van der Waals surface area contributed by atoms with Gasteiger partial charge in [0, 0.05) is 25.0 Å². The van der Waals surface area contributed by atoms with E-state index in [9.17, 15) is 9.59 Å². The monoisotopic (exact) mass is 393 g/mol. The van der Waals surface area contributed by atoms with Gasteiger partial charge in [-0.25, -0.2) is 4.98 Å². The highest BCUT2D eigenvalue weighted by Gasteiger charge is 2.23. The molecule has 3 aromatic rings. The molecule has 0 saturated heterocycles. The summed E-state index contributed by atoms with van der Waals surface area (Å²) >= 11 is 0. The summed E-state index contributed by atoms with van der Waals surface area (Å²) in [6.07, 6.45) is 0.753. The maximum absolute atomic E-state index is 13.4. The number of hydrogen-bond donors (Lipinski definition) is 1. The SMILES string of the molecule is CCCN(CC(=O)Nc1ccccc1C)C(=O)c1cc(C)nc2c1c(C)nn2C. The molecule has 2 aromatic heterocycles. The zero-order chi connectivity index (χ0) is 21.1. The van der Waals surface area contributed by atoms with Crippen molar-refractivity contribution in [2.45, 2.75) is 34.1 Å². The molecule has 2 amide bonds. The predicted octanol–water partition coefficient (Wildman–Crippen LogP) is 3.38. The second-order valence-electron chi connectivity index (χ2n) is 7.31. The fourth-order valence-electron chi connectivity index (χ4n) is 3.51. The molecule has 0 spiro atoms. The highest BCUT2D eigenvalue weighted by atomic mass is 16.2. The highest BCUT2D eigenvalue weighted by Crippen LogP contribution is 2.23. The van der Waals surface area contributed by atoms with Gasteiger partial charge in [-0.15, -0.1) is 0 Å². The summed E-state index contributed by atoms with van der Waals surface area (Å²) in [7, 11) is 1.81. The molecule has 0 radical (unpaired) electrons. The van der Waals surface area contributed by atoms with Gasteiger partial charge < -0.3 is 10.2 Å². The number of benzene rings is 1. The first kappa shape index (κ1) is 20.5. The lowest BCUT2D eigenvalue weighted by atomic mass is 10.1. The van der Waals surface area contributed by atoms with E-state index in [4.69, 9.17) is 0 Å². The van der Waals surface area contributed by atoms with Crippen molar-refractivity contribution in [1.29, 1.82) is 0 Å². The first-order chi connectivity index (χ1) is 13.8. The second kappa shape index (κ2) is 8.43. The van der Waals surface area contributed by atoms with E-state index in [-0.39, 0.29) is 18.4 Å². The van der Waals surface area contributed by atoms with E-state index in [0.29, 0.717) is 17.8 Å². The van der Waals surface area contributed by atoms with Crippen LogP contribution in [-0.4, -0.2) is 44.6 Å². The van der Waals surface area contributed by atoms with E-state index in [2.05, 4.69) is 15.4 Å².